The molecule has 0 N–H and O–H groups in total. The molecule has 0 fully saturated rings. The van der Waals surface area contributed by atoms with Crippen LogP contribution in [0.3, 0.4) is 0 Å². The van der Waals surface area contributed by atoms with Crippen molar-refractivity contribution in [2.24, 2.45) is 4.99 Å². The maximum atomic E-state index is 12.4. The Hall–Kier alpha value is -3.69. The van der Waals surface area contributed by atoms with Crippen molar-refractivity contribution < 1.29 is 23.9 Å². The molecule has 0 aliphatic carbocycles. The van der Waals surface area contributed by atoms with Crippen LogP contribution in [0, 0.1) is 10.1 Å². The van der Waals surface area contributed by atoms with E-state index in [1.54, 1.807) is 12.1 Å². The first-order chi connectivity index (χ1) is 16.9. The van der Waals surface area contributed by atoms with Crippen molar-refractivity contribution >= 4 is 51.2 Å². The second kappa shape index (κ2) is 10.7. The van der Waals surface area contributed by atoms with E-state index >= 15 is 0 Å². The van der Waals surface area contributed by atoms with Gasteiger partial charge in [0.2, 0.25) is 5.90 Å². The lowest BCUT2D eigenvalue weighted by Gasteiger charge is -2.13. The minimum atomic E-state index is -0.684. The Labute approximate surface area is 214 Å². The number of ether oxygens (including phenoxy) is 3. The highest BCUT2D eigenvalue weighted by molar-refractivity contribution is 9.10. The fourth-order valence-electron chi connectivity index (χ4n) is 3.35. The van der Waals surface area contributed by atoms with Gasteiger partial charge in [-0.2, -0.15) is 0 Å². The van der Waals surface area contributed by atoms with E-state index in [2.05, 4.69) is 20.9 Å². The fraction of sp³-hybridized carbons (Fsp3) is 0.120. The van der Waals surface area contributed by atoms with E-state index in [1.807, 2.05) is 30.3 Å². The van der Waals surface area contributed by atoms with E-state index in [9.17, 15) is 14.9 Å². The minimum Gasteiger partial charge on any atom is -0.493 e. The second-order valence-electron chi connectivity index (χ2n) is 7.38. The molecule has 0 radical (unpaired) electrons. The van der Waals surface area contributed by atoms with E-state index in [4.69, 9.17) is 25.8 Å². The van der Waals surface area contributed by atoms with Crippen molar-refractivity contribution in [1.29, 1.82) is 0 Å². The predicted molar refractivity (Wildman–Crippen MR) is 135 cm³/mol. The number of hydrogen-bond donors (Lipinski definition) is 0. The topological polar surface area (TPSA) is 100 Å². The Kier molecular flexibility index (Phi) is 7.48. The molecule has 1 aliphatic rings. The highest BCUT2D eigenvalue weighted by Crippen LogP contribution is 2.38. The first kappa shape index (κ1) is 24.4. The van der Waals surface area contributed by atoms with Crippen molar-refractivity contribution in [1.82, 2.24) is 0 Å². The normalized spacial score (nSPS) is 14.0. The first-order valence-electron chi connectivity index (χ1n) is 10.4. The first-order valence-corrected chi connectivity index (χ1v) is 11.5. The fourth-order valence-corrected chi connectivity index (χ4v) is 4.12. The smallest absolute Gasteiger partial charge is 0.363 e. The minimum absolute atomic E-state index is 0.0255. The van der Waals surface area contributed by atoms with Crippen LogP contribution in [-0.2, 0) is 16.0 Å². The van der Waals surface area contributed by atoms with Gasteiger partial charge in [0.05, 0.1) is 23.1 Å². The number of benzene rings is 3. The number of halogens is 2. The van der Waals surface area contributed by atoms with Crippen LogP contribution < -0.4 is 9.47 Å². The lowest BCUT2D eigenvalue weighted by atomic mass is 10.1. The number of esters is 1. The van der Waals surface area contributed by atoms with Gasteiger partial charge >= 0.3 is 5.97 Å². The van der Waals surface area contributed by atoms with E-state index in [1.165, 1.54) is 31.4 Å². The SMILES string of the molecule is COc1cc(/C=C2\N=C(c3ccc(Cl)c([N+](=O)[O-])c3)OC2=O)cc(Br)c1OCCc1ccccc1. The summed E-state index contributed by atoms with van der Waals surface area (Å²) in [6.07, 6.45) is 2.26. The number of carbonyl (C=O) groups is 1. The lowest BCUT2D eigenvalue weighted by molar-refractivity contribution is -0.384. The molecule has 178 valence electrons. The highest BCUT2D eigenvalue weighted by Gasteiger charge is 2.26. The number of nitro benzene ring substituents is 1. The van der Waals surface area contributed by atoms with Gasteiger partial charge in [0.1, 0.15) is 5.02 Å². The van der Waals surface area contributed by atoms with Crippen LogP contribution >= 0.6 is 27.5 Å². The van der Waals surface area contributed by atoms with Crippen molar-refractivity contribution in [2.45, 2.75) is 6.42 Å². The van der Waals surface area contributed by atoms with Crippen LogP contribution in [0.4, 0.5) is 5.69 Å². The molecule has 1 heterocycles. The van der Waals surface area contributed by atoms with Crippen LogP contribution in [0.2, 0.25) is 5.02 Å². The Morgan fingerprint density at radius 2 is 1.94 bits per heavy atom. The predicted octanol–water partition coefficient (Wildman–Crippen LogP) is 5.99. The number of rotatable bonds is 8. The van der Waals surface area contributed by atoms with Gasteiger partial charge in [-0.05, 0) is 57.4 Å². The molecule has 1 aliphatic heterocycles. The summed E-state index contributed by atoms with van der Waals surface area (Å²) in [7, 11) is 1.52. The van der Waals surface area contributed by atoms with Crippen LogP contribution in [0.5, 0.6) is 11.5 Å². The molecule has 0 unspecified atom stereocenters. The number of cyclic esters (lactones) is 1. The van der Waals surface area contributed by atoms with E-state index < -0.39 is 10.9 Å². The van der Waals surface area contributed by atoms with E-state index in [-0.39, 0.29) is 27.9 Å². The monoisotopic (exact) mass is 556 g/mol. The number of nitro groups is 1. The quantitative estimate of drug-likeness (QED) is 0.146. The molecule has 0 aromatic heterocycles. The summed E-state index contributed by atoms with van der Waals surface area (Å²) in [6, 6.07) is 17.5. The third-order valence-electron chi connectivity index (χ3n) is 5.05. The number of aliphatic imine (C=N–C) groups is 1. The average Bonchev–Trinajstić information content (AvgIpc) is 3.20. The zero-order valence-electron chi connectivity index (χ0n) is 18.4. The zero-order valence-corrected chi connectivity index (χ0v) is 20.7. The van der Waals surface area contributed by atoms with Crippen molar-refractivity contribution in [3.63, 3.8) is 0 Å². The average molecular weight is 558 g/mol. The standard InChI is InChI=1S/C25H18BrClN2O6/c1-33-22-13-16(11-18(26)23(22)34-10-9-15-5-3-2-4-6-15)12-20-25(30)35-24(28-20)17-7-8-19(27)21(14-17)29(31)32/h2-8,11-14H,9-10H2,1H3/b20-12-. The summed E-state index contributed by atoms with van der Waals surface area (Å²) in [5.41, 5.74) is 1.76. The van der Waals surface area contributed by atoms with Crippen molar-refractivity contribution in [3.05, 3.63) is 103 Å². The Morgan fingerprint density at radius 3 is 2.66 bits per heavy atom. The third-order valence-corrected chi connectivity index (χ3v) is 5.95. The van der Waals surface area contributed by atoms with Gasteiger partial charge < -0.3 is 14.2 Å². The largest absolute Gasteiger partial charge is 0.493 e. The van der Waals surface area contributed by atoms with Crippen LogP contribution in [0.1, 0.15) is 16.7 Å². The molecule has 0 amide bonds. The molecule has 0 bridgehead atoms. The Morgan fingerprint density at radius 1 is 1.17 bits per heavy atom. The van der Waals surface area contributed by atoms with Crippen LogP contribution in [-0.4, -0.2) is 30.5 Å². The van der Waals surface area contributed by atoms with Gasteiger partial charge in [-0.3, -0.25) is 10.1 Å². The van der Waals surface area contributed by atoms with E-state index in [0.717, 1.165) is 12.0 Å². The highest BCUT2D eigenvalue weighted by atomic mass is 79.9. The third kappa shape index (κ3) is 5.70. The summed E-state index contributed by atoms with van der Waals surface area (Å²) >= 11 is 9.36. The maximum absolute atomic E-state index is 12.4. The summed E-state index contributed by atoms with van der Waals surface area (Å²) < 4.78 is 17.3. The van der Waals surface area contributed by atoms with E-state index in [0.29, 0.717) is 28.1 Å². The number of hydrogen-bond acceptors (Lipinski definition) is 7. The van der Waals surface area contributed by atoms with Gasteiger partial charge in [0, 0.05) is 18.1 Å². The summed E-state index contributed by atoms with van der Waals surface area (Å²) in [5, 5.41) is 11.1. The molecule has 0 atom stereocenters. The molecular weight excluding hydrogens is 540 g/mol. The number of nitrogens with zero attached hydrogens (tertiary/aromatic N) is 2. The Bertz CT molecular complexity index is 1360. The molecule has 10 heteroatoms. The molecule has 0 saturated carbocycles. The number of carbonyl (C=O) groups excluding carboxylic acids is 1. The molecule has 0 saturated heterocycles. The molecule has 0 spiro atoms. The van der Waals surface area contributed by atoms with Crippen LogP contribution in [0.25, 0.3) is 6.08 Å². The summed E-state index contributed by atoms with van der Waals surface area (Å²) in [4.78, 5) is 27.1. The van der Waals surface area contributed by atoms with Gasteiger partial charge in [-0.1, -0.05) is 41.9 Å². The molecule has 4 rings (SSSR count). The molecule has 3 aromatic carbocycles. The summed E-state index contributed by atoms with van der Waals surface area (Å²) in [6.45, 7) is 0.451. The maximum Gasteiger partial charge on any atom is 0.363 e. The van der Waals surface area contributed by atoms with Gasteiger partial charge in [-0.15, -0.1) is 0 Å². The van der Waals surface area contributed by atoms with Gasteiger partial charge in [0.25, 0.3) is 5.69 Å². The Balaban J connectivity index is 1.56. The van der Waals surface area contributed by atoms with Crippen LogP contribution in [0.15, 0.2) is 75.8 Å². The summed E-state index contributed by atoms with van der Waals surface area (Å²) in [5.74, 6) is 0.282. The van der Waals surface area contributed by atoms with Gasteiger partial charge in [0.15, 0.2) is 17.2 Å². The van der Waals surface area contributed by atoms with Gasteiger partial charge in [-0.25, -0.2) is 9.79 Å². The second-order valence-corrected chi connectivity index (χ2v) is 8.64. The lowest BCUT2D eigenvalue weighted by Crippen LogP contribution is -2.06. The number of methoxy groups -OCH3 is 1. The molecule has 35 heavy (non-hydrogen) atoms. The molecular formula is C25H18BrClN2O6. The molecule has 3 aromatic rings. The van der Waals surface area contributed by atoms with Crippen molar-refractivity contribution in [3.8, 4) is 11.5 Å². The van der Waals surface area contributed by atoms with Crippen molar-refractivity contribution in [2.75, 3.05) is 13.7 Å². The molecule has 8 nitrogen and oxygen atoms in total. The zero-order chi connectivity index (χ0) is 24.9.